The first-order valence-electron chi connectivity index (χ1n) is 3.79. The van der Waals surface area contributed by atoms with E-state index in [2.05, 4.69) is 15.4 Å². The van der Waals surface area contributed by atoms with Crippen molar-refractivity contribution in [3.05, 3.63) is 6.33 Å². The Morgan fingerprint density at radius 2 is 2.31 bits per heavy atom. The summed E-state index contributed by atoms with van der Waals surface area (Å²) in [6, 6.07) is 0. The highest BCUT2D eigenvalue weighted by Crippen LogP contribution is 2.05. The Morgan fingerprint density at radius 3 is 2.69 bits per heavy atom. The summed E-state index contributed by atoms with van der Waals surface area (Å²) in [5.74, 6) is -0.198. The molecule has 2 N–H and O–H groups in total. The van der Waals surface area contributed by atoms with E-state index in [0.717, 1.165) is 0 Å². The summed E-state index contributed by atoms with van der Waals surface area (Å²) in [6.07, 6.45) is 1.32. The van der Waals surface area contributed by atoms with E-state index in [1.165, 1.54) is 24.9 Å². The number of hydrogen-bond donors (Lipinski definition) is 2. The van der Waals surface area contributed by atoms with Gasteiger partial charge in [-0.15, -0.1) is 0 Å². The van der Waals surface area contributed by atoms with E-state index in [0.29, 0.717) is 5.95 Å². The third-order valence-corrected chi connectivity index (χ3v) is 1.49. The highest BCUT2D eigenvalue weighted by atomic mass is 16.3. The molecule has 13 heavy (non-hydrogen) atoms. The Labute approximate surface area is 75.6 Å². The molecule has 0 unspecified atom stereocenters. The van der Waals surface area contributed by atoms with Crippen LogP contribution < -0.4 is 5.32 Å². The molecule has 1 heterocycles. The number of carbonyl (C=O) groups is 1. The number of anilines is 1. The molecule has 0 aliphatic heterocycles. The summed E-state index contributed by atoms with van der Waals surface area (Å²) in [7, 11) is 1.65. The van der Waals surface area contributed by atoms with Gasteiger partial charge in [0.25, 0.3) is 5.91 Å². The van der Waals surface area contributed by atoms with E-state index in [1.807, 2.05) is 0 Å². The fourth-order valence-electron chi connectivity index (χ4n) is 0.664. The SMILES string of the molecule is Cn1ncnc1NC(=O)C(C)(C)O. The number of carbonyl (C=O) groups excluding carboxylic acids is 1. The summed E-state index contributed by atoms with van der Waals surface area (Å²) in [4.78, 5) is 15.0. The minimum Gasteiger partial charge on any atom is -0.381 e. The van der Waals surface area contributed by atoms with Crippen LogP contribution in [-0.4, -0.2) is 31.4 Å². The molecule has 1 rings (SSSR count). The molecule has 6 nitrogen and oxygen atoms in total. The molecule has 72 valence electrons. The standard InChI is InChI=1S/C7H12N4O2/c1-7(2,13)5(12)10-6-8-4-9-11(6)3/h4,13H,1-3H3,(H,8,9,10,12). The second kappa shape index (κ2) is 3.14. The zero-order valence-electron chi connectivity index (χ0n) is 7.77. The normalized spacial score (nSPS) is 11.4. The fourth-order valence-corrected chi connectivity index (χ4v) is 0.664. The number of aliphatic hydroxyl groups is 1. The van der Waals surface area contributed by atoms with Crippen molar-refractivity contribution in [3.63, 3.8) is 0 Å². The van der Waals surface area contributed by atoms with Crippen LogP contribution in [0.15, 0.2) is 6.33 Å². The predicted octanol–water partition coefficient (Wildman–Crippen LogP) is -0.476. The molecule has 0 saturated heterocycles. The van der Waals surface area contributed by atoms with Crippen molar-refractivity contribution in [3.8, 4) is 0 Å². The van der Waals surface area contributed by atoms with Gasteiger partial charge in [0.05, 0.1) is 0 Å². The summed E-state index contributed by atoms with van der Waals surface area (Å²) in [5, 5.41) is 15.5. The highest BCUT2D eigenvalue weighted by molar-refractivity contribution is 5.95. The van der Waals surface area contributed by atoms with E-state index < -0.39 is 11.5 Å². The van der Waals surface area contributed by atoms with Crippen molar-refractivity contribution in [1.29, 1.82) is 0 Å². The predicted molar refractivity (Wildman–Crippen MR) is 45.9 cm³/mol. The second-order valence-electron chi connectivity index (χ2n) is 3.22. The minimum absolute atomic E-state index is 0.312. The average molecular weight is 184 g/mol. The molecular weight excluding hydrogens is 172 g/mol. The summed E-state index contributed by atoms with van der Waals surface area (Å²) in [6.45, 7) is 2.80. The average Bonchev–Trinajstić information content (AvgIpc) is 2.34. The topological polar surface area (TPSA) is 80.0 Å². The maximum Gasteiger partial charge on any atom is 0.258 e. The zero-order chi connectivity index (χ0) is 10.1. The van der Waals surface area contributed by atoms with Gasteiger partial charge < -0.3 is 5.11 Å². The highest BCUT2D eigenvalue weighted by Gasteiger charge is 2.24. The zero-order valence-corrected chi connectivity index (χ0v) is 7.77. The van der Waals surface area contributed by atoms with Crippen LogP contribution in [0.4, 0.5) is 5.95 Å². The number of nitrogens with one attached hydrogen (secondary N) is 1. The number of aryl methyl sites for hydroxylation is 1. The van der Waals surface area contributed by atoms with Crippen molar-refractivity contribution in [2.45, 2.75) is 19.4 Å². The van der Waals surface area contributed by atoms with Gasteiger partial charge in [0.15, 0.2) is 0 Å². The van der Waals surface area contributed by atoms with Gasteiger partial charge >= 0.3 is 0 Å². The second-order valence-corrected chi connectivity index (χ2v) is 3.22. The monoisotopic (exact) mass is 184 g/mol. The number of rotatable bonds is 2. The maximum atomic E-state index is 11.2. The molecule has 0 radical (unpaired) electrons. The van der Waals surface area contributed by atoms with E-state index >= 15 is 0 Å². The lowest BCUT2D eigenvalue weighted by molar-refractivity contribution is -0.130. The molecule has 0 aliphatic rings. The molecule has 1 amide bonds. The molecule has 0 aromatic carbocycles. The number of amides is 1. The van der Waals surface area contributed by atoms with Crippen LogP contribution in [0.2, 0.25) is 0 Å². The van der Waals surface area contributed by atoms with Crippen molar-refractivity contribution in [2.24, 2.45) is 7.05 Å². The van der Waals surface area contributed by atoms with E-state index in [1.54, 1.807) is 7.05 Å². The van der Waals surface area contributed by atoms with Crippen LogP contribution in [-0.2, 0) is 11.8 Å². The van der Waals surface area contributed by atoms with Gasteiger partial charge in [0.1, 0.15) is 11.9 Å². The van der Waals surface area contributed by atoms with Crippen LogP contribution >= 0.6 is 0 Å². The van der Waals surface area contributed by atoms with Crippen molar-refractivity contribution in [1.82, 2.24) is 14.8 Å². The van der Waals surface area contributed by atoms with E-state index in [-0.39, 0.29) is 0 Å². The van der Waals surface area contributed by atoms with Crippen LogP contribution in [0.3, 0.4) is 0 Å². The van der Waals surface area contributed by atoms with Crippen LogP contribution in [0.1, 0.15) is 13.8 Å². The van der Waals surface area contributed by atoms with Gasteiger partial charge in [-0.3, -0.25) is 10.1 Å². The molecule has 0 fully saturated rings. The molecular formula is C7H12N4O2. The van der Waals surface area contributed by atoms with Crippen LogP contribution in [0, 0.1) is 0 Å². The van der Waals surface area contributed by atoms with Gasteiger partial charge in [0, 0.05) is 7.05 Å². The third-order valence-electron chi connectivity index (χ3n) is 1.49. The third kappa shape index (κ3) is 2.25. The van der Waals surface area contributed by atoms with Crippen LogP contribution in [0.5, 0.6) is 0 Å². The lowest BCUT2D eigenvalue weighted by Crippen LogP contribution is -2.37. The molecule has 0 spiro atoms. The van der Waals surface area contributed by atoms with Gasteiger partial charge in [0.2, 0.25) is 5.95 Å². The number of aromatic nitrogens is 3. The van der Waals surface area contributed by atoms with Gasteiger partial charge in [-0.1, -0.05) is 0 Å². The molecule has 0 saturated carbocycles. The van der Waals surface area contributed by atoms with E-state index in [4.69, 9.17) is 0 Å². The molecule has 6 heteroatoms. The lowest BCUT2D eigenvalue weighted by Gasteiger charge is -2.15. The Kier molecular flexibility index (Phi) is 2.33. The number of nitrogens with zero attached hydrogens (tertiary/aromatic N) is 3. The maximum absolute atomic E-state index is 11.2. The Hall–Kier alpha value is -1.43. The molecule has 0 atom stereocenters. The Morgan fingerprint density at radius 1 is 1.69 bits per heavy atom. The first-order chi connectivity index (χ1) is 5.91. The first-order valence-corrected chi connectivity index (χ1v) is 3.79. The van der Waals surface area contributed by atoms with Gasteiger partial charge in [-0.05, 0) is 13.8 Å². The molecule has 1 aromatic heterocycles. The quantitative estimate of drug-likeness (QED) is 0.650. The minimum atomic E-state index is -1.41. The smallest absolute Gasteiger partial charge is 0.258 e. The summed E-state index contributed by atoms with van der Waals surface area (Å²) in [5.41, 5.74) is -1.41. The number of hydrogen-bond acceptors (Lipinski definition) is 4. The van der Waals surface area contributed by atoms with E-state index in [9.17, 15) is 9.90 Å². The van der Waals surface area contributed by atoms with Gasteiger partial charge in [-0.2, -0.15) is 10.1 Å². The fraction of sp³-hybridized carbons (Fsp3) is 0.571. The van der Waals surface area contributed by atoms with Crippen molar-refractivity contribution in [2.75, 3.05) is 5.32 Å². The van der Waals surface area contributed by atoms with Crippen LogP contribution in [0.25, 0.3) is 0 Å². The lowest BCUT2D eigenvalue weighted by atomic mass is 10.1. The first kappa shape index (κ1) is 9.66. The molecule has 0 aliphatic carbocycles. The summed E-state index contributed by atoms with van der Waals surface area (Å²) < 4.78 is 1.41. The molecule has 1 aromatic rings. The summed E-state index contributed by atoms with van der Waals surface area (Å²) >= 11 is 0. The molecule has 0 bridgehead atoms. The van der Waals surface area contributed by atoms with Crippen molar-refractivity contribution >= 4 is 11.9 Å². The van der Waals surface area contributed by atoms with Crippen molar-refractivity contribution < 1.29 is 9.90 Å². The van der Waals surface area contributed by atoms with Gasteiger partial charge in [-0.25, -0.2) is 4.68 Å². The Bertz CT molecular complexity index is 313. The Balaban J connectivity index is 2.71. The largest absolute Gasteiger partial charge is 0.381 e.